The van der Waals surface area contributed by atoms with E-state index in [1.807, 2.05) is 0 Å². The Morgan fingerprint density at radius 3 is 1.62 bits per heavy atom. The lowest BCUT2D eigenvalue weighted by molar-refractivity contribution is -0.107. The lowest BCUT2D eigenvalue weighted by Gasteiger charge is -1.81. The number of nitrogens with zero attached hydrogens (tertiary/aromatic N) is 2. The zero-order chi connectivity index (χ0) is 6.15. The molecule has 0 radical (unpaired) electrons. The number of hydrogen-bond donors (Lipinski definition) is 0. The fraction of sp³-hybridized carbons (Fsp3) is 0.400. The third-order valence-corrected chi connectivity index (χ3v) is 1.01. The molecule has 1 heterocycles. The second-order valence-electron chi connectivity index (χ2n) is 1.70. The highest BCUT2D eigenvalue weighted by Gasteiger charge is 2.14. The van der Waals surface area contributed by atoms with Crippen molar-refractivity contribution in [2.45, 2.75) is 13.8 Å². The van der Waals surface area contributed by atoms with E-state index in [0.717, 1.165) is 0 Å². The van der Waals surface area contributed by atoms with Crippen molar-refractivity contribution in [2.24, 2.45) is 10.2 Å². The summed E-state index contributed by atoms with van der Waals surface area (Å²) in [4.78, 5) is 10.6. The van der Waals surface area contributed by atoms with Gasteiger partial charge in [0.1, 0.15) is 11.4 Å². The third-order valence-electron chi connectivity index (χ3n) is 1.01. The van der Waals surface area contributed by atoms with Gasteiger partial charge in [0.2, 0.25) is 5.78 Å². The summed E-state index contributed by atoms with van der Waals surface area (Å²) in [6.07, 6.45) is 0. The lowest BCUT2D eigenvalue weighted by Crippen LogP contribution is -2.12. The number of carbonyl (C=O) groups excluding carboxylic acids is 1. The molecule has 3 nitrogen and oxygen atoms in total. The molecule has 0 aromatic carbocycles. The van der Waals surface area contributed by atoms with Crippen LogP contribution in [0.3, 0.4) is 0 Å². The Hall–Kier alpha value is -0.990. The van der Waals surface area contributed by atoms with Crippen LogP contribution in [0.25, 0.3) is 0 Å². The van der Waals surface area contributed by atoms with E-state index < -0.39 is 0 Å². The van der Waals surface area contributed by atoms with Crippen molar-refractivity contribution in [3.63, 3.8) is 0 Å². The van der Waals surface area contributed by atoms with E-state index in [1.165, 1.54) is 0 Å². The van der Waals surface area contributed by atoms with Gasteiger partial charge in [0.05, 0.1) is 0 Å². The second-order valence-corrected chi connectivity index (χ2v) is 1.70. The van der Waals surface area contributed by atoms with Crippen LogP contribution >= 0.6 is 0 Å². The molecule has 0 spiro atoms. The molecule has 0 aliphatic carbocycles. The molecule has 0 atom stereocenters. The number of rotatable bonds is 0. The number of carbonyl (C=O) groups is 1. The second kappa shape index (κ2) is 1.51. The Labute approximate surface area is 47.1 Å². The summed E-state index contributed by atoms with van der Waals surface area (Å²) in [5, 5.41) is 7.11. The van der Waals surface area contributed by atoms with Gasteiger partial charge in [-0.2, -0.15) is 10.2 Å². The van der Waals surface area contributed by atoms with Crippen LogP contribution in [0.5, 0.6) is 0 Å². The SMILES string of the molecule is CC1=NN=C(C)C1=O. The Morgan fingerprint density at radius 2 is 1.50 bits per heavy atom. The average Bonchev–Trinajstić information content (AvgIpc) is 1.98. The van der Waals surface area contributed by atoms with Crippen LogP contribution in [-0.4, -0.2) is 17.2 Å². The maximum absolute atomic E-state index is 10.6. The summed E-state index contributed by atoms with van der Waals surface area (Å²) in [6, 6.07) is 0. The van der Waals surface area contributed by atoms with Crippen LogP contribution in [0.2, 0.25) is 0 Å². The highest BCUT2D eigenvalue weighted by molar-refractivity contribution is 6.67. The van der Waals surface area contributed by atoms with E-state index in [9.17, 15) is 4.79 Å². The van der Waals surface area contributed by atoms with Crippen molar-refractivity contribution in [3.05, 3.63) is 0 Å². The van der Waals surface area contributed by atoms with Gasteiger partial charge >= 0.3 is 0 Å². The number of Topliss-reactive ketones (excluding diaryl/α,β-unsaturated/α-hetero) is 1. The first-order chi connectivity index (χ1) is 3.72. The molecule has 0 N–H and O–H groups in total. The predicted octanol–water partition coefficient (Wildman–Crippen LogP) is 0.406. The standard InChI is InChI=1S/C5H6N2O/c1-3-5(8)4(2)7-6-3/h1-2H3. The van der Waals surface area contributed by atoms with Crippen molar-refractivity contribution < 1.29 is 4.79 Å². The average molecular weight is 110 g/mol. The first-order valence-corrected chi connectivity index (χ1v) is 2.35. The molecular weight excluding hydrogens is 104 g/mol. The molecule has 0 amide bonds. The van der Waals surface area contributed by atoms with E-state index >= 15 is 0 Å². The smallest absolute Gasteiger partial charge is 0.224 e. The number of ketones is 1. The van der Waals surface area contributed by atoms with Crippen LogP contribution in [0.1, 0.15) is 13.8 Å². The van der Waals surface area contributed by atoms with Gasteiger partial charge in [-0.05, 0) is 13.8 Å². The van der Waals surface area contributed by atoms with Crippen molar-refractivity contribution in [2.75, 3.05) is 0 Å². The minimum Gasteiger partial charge on any atom is -0.286 e. The minimum absolute atomic E-state index is 0.0370. The van der Waals surface area contributed by atoms with Crippen LogP contribution < -0.4 is 0 Å². The predicted molar refractivity (Wildman–Crippen MR) is 31.2 cm³/mol. The van der Waals surface area contributed by atoms with E-state index in [1.54, 1.807) is 13.8 Å². The summed E-state index contributed by atoms with van der Waals surface area (Å²) < 4.78 is 0. The topological polar surface area (TPSA) is 41.8 Å². The van der Waals surface area contributed by atoms with Crippen LogP contribution in [0.15, 0.2) is 10.2 Å². The molecule has 1 aliphatic heterocycles. The van der Waals surface area contributed by atoms with Crippen LogP contribution in [-0.2, 0) is 4.79 Å². The van der Waals surface area contributed by atoms with E-state index in [0.29, 0.717) is 11.4 Å². The summed E-state index contributed by atoms with van der Waals surface area (Å²) in [5.41, 5.74) is 0.977. The molecule has 0 bridgehead atoms. The van der Waals surface area contributed by atoms with Crippen molar-refractivity contribution in [1.82, 2.24) is 0 Å². The molecule has 0 unspecified atom stereocenters. The van der Waals surface area contributed by atoms with E-state index in [2.05, 4.69) is 10.2 Å². The molecule has 0 aromatic heterocycles. The molecule has 8 heavy (non-hydrogen) atoms. The fourth-order valence-corrected chi connectivity index (χ4v) is 0.503. The molecule has 0 fully saturated rings. The highest BCUT2D eigenvalue weighted by Crippen LogP contribution is 1.95. The summed E-state index contributed by atoms with van der Waals surface area (Å²) in [6.45, 7) is 3.31. The van der Waals surface area contributed by atoms with E-state index in [-0.39, 0.29) is 5.78 Å². The molecule has 0 saturated carbocycles. The van der Waals surface area contributed by atoms with Gasteiger partial charge in [-0.1, -0.05) is 0 Å². The highest BCUT2D eigenvalue weighted by atomic mass is 16.1. The Bertz CT molecular complexity index is 171. The molecule has 1 aliphatic rings. The first kappa shape index (κ1) is 5.15. The number of hydrogen-bond acceptors (Lipinski definition) is 3. The Kier molecular flexibility index (Phi) is 0.970. The maximum Gasteiger partial charge on any atom is 0.224 e. The lowest BCUT2D eigenvalue weighted by atomic mass is 10.2. The molecule has 0 aromatic rings. The maximum atomic E-state index is 10.6. The zero-order valence-electron chi connectivity index (χ0n) is 4.80. The molecule has 42 valence electrons. The molecule has 3 heteroatoms. The van der Waals surface area contributed by atoms with Gasteiger partial charge in [0, 0.05) is 0 Å². The molecular formula is C5H6N2O. The van der Waals surface area contributed by atoms with Gasteiger partial charge in [0.25, 0.3) is 0 Å². The third kappa shape index (κ3) is 0.559. The van der Waals surface area contributed by atoms with Gasteiger partial charge in [0.15, 0.2) is 0 Å². The molecule has 0 saturated heterocycles. The Morgan fingerprint density at radius 1 is 1.12 bits per heavy atom. The van der Waals surface area contributed by atoms with E-state index in [4.69, 9.17) is 0 Å². The van der Waals surface area contributed by atoms with Crippen molar-refractivity contribution >= 4 is 17.2 Å². The van der Waals surface area contributed by atoms with Crippen molar-refractivity contribution in [1.29, 1.82) is 0 Å². The Balaban J connectivity index is 2.92. The fourth-order valence-electron chi connectivity index (χ4n) is 0.503. The largest absolute Gasteiger partial charge is 0.286 e. The van der Waals surface area contributed by atoms with Gasteiger partial charge in [-0.25, -0.2) is 0 Å². The monoisotopic (exact) mass is 110 g/mol. The minimum atomic E-state index is -0.0370. The molecule has 1 rings (SSSR count). The van der Waals surface area contributed by atoms with Crippen molar-refractivity contribution in [3.8, 4) is 0 Å². The normalized spacial score (nSPS) is 18.5. The zero-order valence-corrected chi connectivity index (χ0v) is 4.80. The van der Waals surface area contributed by atoms with Crippen LogP contribution in [0.4, 0.5) is 0 Å². The first-order valence-electron chi connectivity index (χ1n) is 2.35. The van der Waals surface area contributed by atoms with Crippen LogP contribution in [0, 0.1) is 0 Å². The van der Waals surface area contributed by atoms with Gasteiger partial charge < -0.3 is 0 Å². The van der Waals surface area contributed by atoms with Gasteiger partial charge in [-0.3, -0.25) is 4.79 Å². The van der Waals surface area contributed by atoms with Gasteiger partial charge in [-0.15, -0.1) is 0 Å². The summed E-state index contributed by atoms with van der Waals surface area (Å²) in [5.74, 6) is -0.0370. The quantitative estimate of drug-likeness (QED) is 0.445. The summed E-state index contributed by atoms with van der Waals surface area (Å²) >= 11 is 0. The summed E-state index contributed by atoms with van der Waals surface area (Å²) in [7, 11) is 0.